The van der Waals surface area contributed by atoms with E-state index in [0.29, 0.717) is 10.9 Å². The molecule has 0 radical (unpaired) electrons. The molecular weight excluding hydrogens is 356 g/mol. The Morgan fingerprint density at radius 1 is 1.26 bits per heavy atom. The van der Waals surface area contributed by atoms with Gasteiger partial charge in [-0.05, 0) is 31.2 Å². The quantitative estimate of drug-likeness (QED) is 0.366. The predicted octanol–water partition coefficient (Wildman–Crippen LogP) is 1.91. The maximum absolute atomic E-state index is 12.3. The van der Waals surface area contributed by atoms with Gasteiger partial charge in [-0.1, -0.05) is 17.3 Å². The molecule has 0 aliphatic heterocycles. The Bertz CT molecular complexity index is 1080. The standard InChI is InChI=1S/C17H14N4O6/c1-2-26-15-8-7-11(9-14(15)21(24)25)17(23)27-10-20-16(22)12-5-3-4-6-13(12)18-19-20/h3-9H,2,10H2,1H3. The van der Waals surface area contributed by atoms with E-state index in [1.54, 1.807) is 31.2 Å². The van der Waals surface area contributed by atoms with E-state index in [1.807, 2.05) is 0 Å². The van der Waals surface area contributed by atoms with Gasteiger partial charge < -0.3 is 9.47 Å². The summed E-state index contributed by atoms with van der Waals surface area (Å²) in [5.74, 6) is -0.793. The lowest BCUT2D eigenvalue weighted by molar-refractivity contribution is -0.385. The van der Waals surface area contributed by atoms with Crippen LogP contribution in [0.3, 0.4) is 0 Å². The van der Waals surface area contributed by atoms with Crippen LogP contribution in [0.25, 0.3) is 10.9 Å². The molecule has 138 valence electrons. The van der Waals surface area contributed by atoms with Gasteiger partial charge in [0.2, 0.25) is 0 Å². The van der Waals surface area contributed by atoms with E-state index in [0.717, 1.165) is 10.7 Å². The molecule has 0 unspecified atom stereocenters. The minimum absolute atomic E-state index is 0.0491. The number of fused-ring (bicyclic) bond motifs is 1. The highest BCUT2D eigenvalue weighted by atomic mass is 16.6. The van der Waals surface area contributed by atoms with Crippen molar-refractivity contribution >= 4 is 22.6 Å². The molecule has 10 heteroatoms. The Balaban J connectivity index is 1.80. The molecule has 0 atom stereocenters. The van der Waals surface area contributed by atoms with Crippen molar-refractivity contribution < 1.29 is 19.2 Å². The SMILES string of the molecule is CCOc1ccc(C(=O)OCn2nnc3ccccc3c2=O)cc1[N+](=O)[O-]. The van der Waals surface area contributed by atoms with E-state index in [4.69, 9.17) is 9.47 Å². The number of benzene rings is 2. The lowest BCUT2D eigenvalue weighted by atomic mass is 10.2. The number of hydrogen-bond acceptors (Lipinski definition) is 8. The number of nitro benzene ring substituents is 1. The number of carbonyl (C=O) groups excluding carboxylic acids is 1. The average molecular weight is 370 g/mol. The monoisotopic (exact) mass is 370 g/mol. The van der Waals surface area contributed by atoms with Gasteiger partial charge in [0.15, 0.2) is 12.5 Å². The molecule has 27 heavy (non-hydrogen) atoms. The minimum atomic E-state index is -0.844. The second-order valence-corrected chi connectivity index (χ2v) is 5.34. The smallest absolute Gasteiger partial charge is 0.340 e. The average Bonchev–Trinajstić information content (AvgIpc) is 2.68. The van der Waals surface area contributed by atoms with Gasteiger partial charge in [0, 0.05) is 6.07 Å². The summed E-state index contributed by atoms with van der Waals surface area (Å²) in [4.78, 5) is 35.0. The van der Waals surface area contributed by atoms with Crippen LogP contribution in [0.1, 0.15) is 17.3 Å². The van der Waals surface area contributed by atoms with Crippen molar-refractivity contribution in [2.45, 2.75) is 13.7 Å². The van der Waals surface area contributed by atoms with E-state index in [9.17, 15) is 19.7 Å². The van der Waals surface area contributed by atoms with Gasteiger partial charge in [-0.2, -0.15) is 4.68 Å². The Labute approximate surface area is 152 Å². The number of rotatable bonds is 6. The summed E-state index contributed by atoms with van der Waals surface area (Å²) < 4.78 is 11.1. The fraction of sp³-hybridized carbons (Fsp3) is 0.176. The largest absolute Gasteiger partial charge is 0.487 e. The number of nitro groups is 1. The van der Waals surface area contributed by atoms with Crippen molar-refractivity contribution in [3.8, 4) is 5.75 Å². The first-order chi connectivity index (χ1) is 13.0. The normalized spacial score (nSPS) is 10.6. The second kappa shape index (κ2) is 7.60. The Hall–Kier alpha value is -3.82. The van der Waals surface area contributed by atoms with Crippen LogP contribution in [-0.4, -0.2) is 32.5 Å². The molecule has 0 fully saturated rings. The summed E-state index contributed by atoms with van der Waals surface area (Å²) in [5, 5.41) is 19.0. The predicted molar refractivity (Wildman–Crippen MR) is 93.5 cm³/mol. The molecule has 2 aromatic carbocycles. The van der Waals surface area contributed by atoms with Gasteiger partial charge >= 0.3 is 11.7 Å². The first kappa shape index (κ1) is 18.0. The van der Waals surface area contributed by atoms with Crippen molar-refractivity contribution in [1.82, 2.24) is 15.0 Å². The van der Waals surface area contributed by atoms with E-state index < -0.39 is 23.2 Å². The topological polar surface area (TPSA) is 126 Å². The molecule has 1 aromatic heterocycles. The summed E-state index contributed by atoms with van der Waals surface area (Å²) in [6.45, 7) is 1.46. The molecule has 0 N–H and O–H groups in total. The summed E-state index contributed by atoms with van der Waals surface area (Å²) in [6.07, 6.45) is 0. The van der Waals surface area contributed by atoms with Crippen LogP contribution in [0.4, 0.5) is 5.69 Å². The van der Waals surface area contributed by atoms with Crippen molar-refractivity contribution in [1.29, 1.82) is 0 Å². The van der Waals surface area contributed by atoms with Crippen molar-refractivity contribution in [2.75, 3.05) is 6.61 Å². The molecule has 10 nitrogen and oxygen atoms in total. The first-order valence-corrected chi connectivity index (χ1v) is 7.92. The highest BCUT2D eigenvalue weighted by Crippen LogP contribution is 2.28. The lowest BCUT2D eigenvalue weighted by Gasteiger charge is -2.08. The van der Waals surface area contributed by atoms with Crippen molar-refractivity contribution in [3.63, 3.8) is 0 Å². The van der Waals surface area contributed by atoms with Crippen LogP contribution in [-0.2, 0) is 11.5 Å². The number of ether oxygens (including phenoxy) is 2. The maximum Gasteiger partial charge on any atom is 0.340 e. The van der Waals surface area contributed by atoms with Crippen LogP contribution in [0.2, 0.25) is 0 Å². The third kappa shape index (κ3) is 3.73. The number of carbonyl (C=O) groups is 1. The summed E-state index contributed by atoms with van der Waals surface area (Å²) in [5.41, 5.74) is -0.445. The van der Waals surface area contributed by atoms with Crippen LogP contribution in [0.5, 0.6) is 5.75 Å². The summed E-state index contributed by atoms with van der Waals surface area (Å²) in [7, 11) is 0. The van der Waals surface area contributed by atoms with Gasteiger partial charge in [-0.15, -0.1) is 5.10 Å². The molecule has 0 bridgehead atoms. The summed E-state index contributed by atoms with van der Waals surface area (Å²) in [6, 6.07) is 10.3. The molecule has 0 aliphatic rings. The number of esters is 1. The zero-order chi connectivity index (χ0) is 19.4. The van der Waals surface area contributed by atoms with Crippen LogP contribution in [0.15, 0.2) is 47.3 Å². The van der Waals surface area contributed by atoms with E-state index >= 15 is 0 Å². The lowest BCUT2D eigenvalue weighted by Crippen LogP contribution is -2.26. The number of nitrogens with zero attached hydrogens (tertiary/aromatic N) is 4. The fourth-order valence-electron chi connectivity index (χ4n) is 2.38. The van der Waals surface area contributed by atoms with E-state index in [1.165, 1.54) is 12.1 Å². The molecule has 0 saturated heterocycles. The molecule has 0 amide bonds. The third-order valence-electron chi connectivity index (χ3n) is 3.64. The second-order valence-electron chi connectivity index (χ2n) is 5.34. The minimum Gasteiger partial charge on any atom is -0.487 e. The third-order valence-corrected chi connectivity index (χ3v) is 3.64. The fourth-order valence-corrected chi connectivity index (χ4v) is 2.38. The van der Waals surface area contributed by atoms with Gasteiger partial charge in [0.25, 0.3) is 5.56 Å². The molecule has 0 spiro atoms. The highest BCUT2D eigenvalue weighted by Gasteiger charge is 2.19. The Morgan fingerprint density at radius 2 is 2.04 bits per heavy atom. The van der Waals surface area contributed by atoms with Gasteiger partial charge in [-0.25, -0.2) is 4.79 Å². The molecule has 1 heterocycles. The Morgan fingerprint density at radius 3 is 2.78 bits per heavy atom. The summed E-state index contributed by atoms with van der Waals surface area (Å²) >= 11 is 0. The van der Waals surface area contributed by atoms with E-state index in [-0.39, 0.29) is 23.6 Å². The highest BCUT2D eigenvalue weighted by molar-refractivity contribution is 5.90. The van der Waals surface area contributed by atoms with Crippen molar-refractivity contribution in [2.24, 2.45) is 0 Å². The zero-order valence-corrected chi connectivity index (χ0v) is 14.2. The molecule has 3 aromatic rings. The zero-order valence-electron chi connectivity index (χ0n) is 14.2. The molecule has 0 saturated carbocycles. The van der Waals surface area contributed by atoms with Crippen LogP contribution >= 0.6 is 0 Å². The molecule has 0 aliphatic carbocycles. The maximum atomic E-state index is 12.3. The van der Waals surface area contributed by atoms with Gasteiger partial charge in [0.05, 0.1) is 22.5 Å². The molecule has 3 rings (SSSR count). The van der Waals surface area contributed by atoms with Gasteiger partial charge in [0.1, 0.15) is 5.52 Å². The first-order valence-electron chi connectivity index (χ1n) is 7.92. The molecular formula is C17H14N4O6. The van der Waals surface area contributed by atoms with Crippen molar-refractivity contribution in [3.05, 3.63) is 68.5 Å². The van der Waals surface area contributed by atoms with Crippen LogP contribution < -0.4 is 10.3 Å². The number of aromatic nitrogens is 3. The van der Waals surface area contributed by atoms with E-state index in [2.05, 4.69) is 10.3 Å². The number of hydrogen-bond donors (Lipinski definition) is 0. The van der Waals surface area contributed by atoms with Crippen LogP contribution in [0, 0.1) is 10.1 Å². The van der Waals surface area contributed by atoms with Gasteiger partial charge in [-0.3, -0.25) is 14.9 Å². The Kier molecular flexibility index (Phi) is 5.06.